The topological polar surface area (TPSA) is 66.5 Å². The van der Waals surface area contributed by atoms with Gasteiger partial charge in [0.25, 0.3) is 0 Å². The van der Waals surface area contributed by atoms with Crippen LogP contribution in [0.2, 0.25) is 0 Å². The number of nitrogens with one attached hydrogen (secondary N) is 1. The number of sulfonamides is 1. The minimum Gasteiger partial charge on any atom is -0.324 e. The minimum absolute atomic E-state index is 0.271. The lowest BCUT2D eigenvalue weighted by Crippen LogP contribution is -2.37. The highest BCUT2D eigenvalue weighted by molar-refractivity contribution is 14.1. The van der Waals surface area contributed by atoms with Crippen LogP contribution >= 0.6 is 22.6 Å². The van der Waals surface area contributed by atoms with Crippen molar-refractivity contribution in [3.05, 3.63) is 57.2 Å². The normalized spacial score (nSPS) is 11.2. The summed E-state index contributed by atoms with van der Waals surface area (Å²) in [6, 6.07) is 12.7. The second kappa shape index (κ2) is 7.52. The molecule has 0 aliphatic carbocycles. The Bertz CT molecular complexity index is 828. The predicted molar refractivity (Wildman–Crippen MR) is 106 cm³/mol. The Kier molecular flexibility index (Phi) is 5.87. The van der Waals surface area contributed by atoms with Crippen LogP contribution in [-0.2, 0) is 14.8 Å². The number of anilines is 2. The number of benzene rings is 2. The maximum atomic E-state index is 12.3. The Hall–Kier alpha value is -1.61. The molecule has 2 aromatic carbocycles. The third-order valence-corrected chi connectivity index (χ3v) is 5.17. The lowest BCUT2D eigenvalue weighted by molar-refractivity contribution is -0.114. The summed E-state index contributed by atoms with van der Waals surface area (Å²) in [7, 11) is -3.56. The SMILES string of the molecule is Cc1cc(C)cc(NC(=O)CN(c2ccc(I)cc2)S(C)(=O)=O)c1. The fraction of sp³-hybridized carbons (Fsp3) is 0.235. The maximum Gasteiger partial charge on any atom is 0.245 e. The van der Waals surface area contributed by atoms with Gasteiger partial charge >= 0.3 is 0 Å². The highest BCUT2D eigenvalue weighted by Gasteiger charge is 2.20. The molecule has 0 unspecified atom stereocenters. The molecule has 0 saturated carbocycles. The minimum atomic E-state index is -3.56. The summed E-state index contributed by atoms with van der Waals surface area (Å²) < 4.78 is 26.2. The molecule has 0 bridgehead atoms. The van der Waals surface area contributed by atoms with Gasteiger partial charge in [-0.3, -0.25) is 9.10 Å². The Morgan fingerprint density at radius 1 is 1.08 bits per heavy atom. The molecular formula is C17H19IN2O3S. The van der Waals surface area contributed by atoms with Crippen LogP contribution in [-0.4, -0.2) is 27.1 Å². The number of aryl methyl sites for hydroxylation is 2. The van der Waals surface area contributed by atoms with E-state index in [0.29, 0.717) is 11.4 Å². The molecule has 0 fully saturated rings. The van der Waals surface area contributed by atoms with Crippen molar-refractivity contribution in [3.63, 3.8) is 0 Å². The van der Waals surface area contributed by atoms with Crippen LogP contribution in [0.25, 0.3) is 0 Å². The molecule has 0 atom stereocenters. The summed E-state index contributed by atoms with van der Waals surface area (Å²) in [6.45, 7) is 3.61. The molecule has 0 aliphatic rings. The summed E-state index contributed by atoms with van der Waals surface area (Å²) in [5.74, 6) is -0.385. The highest BCUT2D eigenvalue weighted by atomic mass is 127. The number of nitrogens with zero attached hydrogens (tertiary/aromatic N) is 1. The van der Waals surface area contributed by atoms with Gasteiger partial charge in [0.05, 0.1) is 11.9 Å². The zero-order valence-corrected chi connectivity index (χ0v) is 16.7. The molecule has 0 spiro atoms. The highest BCUT2D eigenvalue weighted by Crippen LogP contribution is 2.20. The van der Waals surface area contributed by atoms with E-state index >= 15 is 0 Å². The second-order valence-corrected chi connectivity index (χ2v) is 8.82. The van der Waals surface area contributed by atoms with E-state index in [9.17, 15) is 13.2 Å². The summed E-state index contributed by atoms with van der Waals surface area (Å²) in [6.07, 6.45) is 1.09. The van der Waals surface area contributed by atoms with Crippen molar-refractivity contribution in [2.75, 3.05) is 22.4 Å². The lowest BCUT2D eigenvalue weighted by Gasteiger charge is -2.22. The van der Waals surface area contributed by atoms with E-state index in [0.717, 1.165) is 25.3 Å². The monoisotopic (exact) mass is 458 g/mol. The van der Waals surface area contributed by atoms with Crippen molar-refractivity contribution in [1.82, 2.24) is 0 Å². The molecule has 7 heteroatoms. The molecular weight excluding hydrogens is 439 g/mol. The summed E-state index contributed by atoms with van der Waals surface area (Å²) >= 11 is 2.14. The van der Waals surface area contributed by atoms with E-state index in [1.807, 2.05) is 32.0 Å². The second-order valence-electron chi connectivity index (χ2n) is 5.67. The van der Waals surface area contributed by atoms with Gasteiger partial charge in [0.15, 0.2) is 0 Å². The molecule has 5 nitrogen and oxygen atoms in total. The molecule has 0 heterocycles. The standard InChI is InChI=1S/C17H19IN2O3S/c1-12-8-13(2)10-15(9-12)19-17(21)11-20(24(3,22)23)16-6-4-14(18)5-7-16/h4-10H,11H2,1-3H3,(H,19,21). The van der Waals surface area contributed by atoms with Crippen molar-refractivity contribution >= 4 is 49.9 Å². The molecule has 24 heavy (non-hydrogen) atoms. The van der Waals surface area contributed by atoms with E-state index in [1.165, 1.54) is 0 Å². The molecule has 128 valence electrons. The van der Waals surface area contributed by atoms with Gasteiger partial charge in [-0.15, -0.1) is 0 Å². The molecule has 2 rings (SSSR count). The summed E-state index contributed by atoms with van der Waals surface area (Å²) in [4.78, 5) is 12.3. The van der Waals surface area contributed by atoms with Crippen LogP contribution in [0.4, 0.5) is 11.4 Å². The third kappa shape index (κ3) is 5.20. The summed E-state index contributed by atoms with van der Waals surface area (Å²) in [5.41, 5.74) is 3.19. The Balaban J connectivity index is 2.20. The van der Waals surface area contributed by atoms with Crippen LogP contribution in [0.3, 0.4) is 0 Å². The number of hydrogen-bond donors (Lipinski definition) is 1. The first-order valence-corrected chi connectivity index (χ1v) is 10.2. The quantitative estimate of drug-likeness (QED) is 0.700. The number of carbonyl (C=O) groups excluding carboxylic acids is 1. The number of carbonyl (C=O) groups is 1. The van der Waals surface area contributed by atoms with E-state index in [4.69, 9.17) is 0 Å². The van der Waals surface area contributed by atoms with Crippen LogP contribution in [0.15, 0.2) is 42.5 Å². The largest absolute Gasteiger partial charge is 0.324 e. The Morgan fingerprint density at radius 3 is 2.12 bits per heavy atom. The smallest absolute Gasteiger partial charge is 0.245 e. The first kappa shape index (κ1) is 18.7. The number of hydrogen-bond acceptors (Lipinski definition) is 3. The molecule has 1 amide bonds. The van der Waals surface area contributed by atoms with Gasteiger partial charge in [0.2, 0.25) is 15.9 Å². The zero-order chi connectivity index (χ0) is 17.9. The molecule has 1 N–H and O–H groups in total. The van der Waals surface area contributed by atoms with Gasteiger partial charge in [-0.1, -0.05) is 6.07 Å². The fourth-order valence-corrected chi connectivity index (χ4v) is 3.60. The van der Waals surface area contributed by atoms with Crippen molar-refractivity contribution in [2.45, 2.75) is 13.8 Å². The van der Waals surface area contributed by atoms with Crippen molar-refractivity contribution in [2.24, 2.45) is 0 Å². The van der Waals surface area contributed by atoms with E-state index in [1.54, 1.807) is 24.3 Å². The number of halogens is 1. The van der Waals surface area contributed by atoms with Crippen LogP contribution in [0.5, 0.6) is 0 Å². The van der Waals surface area contributed by atoms with Crippen LogP contribution in [0, 0.1) is 17.4 Å². The molecule has 0 radical (unpaired) electrons. The number of amides is 1. The van der Waals surface area contributed by atoms with Crippen LogP contribution in [0.1, 0.15) is 11.1 Å². The van der Waals surface area contributed by atoms with Gasteiger partial charge in [0, 0.05) is 9.26 Å². The molecule has 0 saturated heterocycles. The number of rotatable bonds is 5. The first-order chi connectivity index (χ1) is 11.1. The lowest BCUT2D eigenvalue weighted by atomic mass is 10.1. The molecule has 2 aromatic rings. The van der Waals surface area contributed by atoms with E-state index < -0.39 is 10.0 Å². The molecule has 0 aromatic heterocycles. The predicted octanol–water partition coefficient (Wildman–Crippen LogP) is 3.31. The van der Waals surface area contributed by atoms with Crippen LogP contribution < -0.4 is 9.62 Å². The Morgan fingerprint density at radius 2 is 1.62 bits per heavy atom. The average Bonchev–Trinajstić information content (AvgIpc) is 2.43. The van der Waals surface area contributed by atoms with Gasteiger partial charge in [0.1, 0.15) is 6.54 Å². The first-order valence-electron chi connectivity index (χ1n) is 7.26. The van der Waals surface area contributed by atoms with Gasteiger partial charge in [-0.05, 0) is 84.0 Å². The van der Waals surface area contributed by atoms with Crippen molar-refractivity contribution in [3.8, 4) is 0 Å². The Labute approximate surface area is 156 Å². The maximum absolute atomic E-state index is 12.3. The van der Waals surface area contributed by atoms with Crippen molar-refractivity contribution < 1.29 is 13.2 Å². The average molecular weight is 458 g/mol. The third-order valence-electron chi connectivity index (χ3n) is 3.31. The van der Waals surface area contributed by atoms with Gasteiger partial charge < -0.3 is 5.32 Å². The van der Waals surface area contributed by atoms with Crippen molar-refractivity contribution in [1.29, 1.82) is 0 Å². The van der Waals surface area contributed by atoms with Gasteiger partial charge in [-0.25, -0.2) is 8.42 Å². The van der Waals surface area contributed by atoms with E-state index in [2.05, 4.69) is 27.9 Å². The van der Waals surface area contributed by atoms with Gasteiger partial charge in [-0.2, -0.15) is 0 Å². The molecule has 0 aliphatic heterocycles. The van der Waals surface area contributed by atoms with E-state index in [-0.39, 0.29) is 12.5 Å². The zero-order valence-electron chi connectivity index (χ0n) is 13.7. The fourth-order valence-electron chi connectivity index (χ4n) is 2.39. The summed E-state index contributed by atoms with van der Waals surface area (Å²) in [5, 5.41) is 2.76.